The quantitative estimate of drug-likeness (QED) is 0.739. The number of Topliss-reactive ketones (excluding diaryl/α,β-unsaturated/α-hetero) is 1. The molecule has 3 rings (SSSR count). The summed E-state index contributed by atoms with van der Waals surface area (Å²) in [5.74, 6) is -1.02. The first-order valence-electron chi connectivity index (χ1n) is 7.99. The summed E-state index contributed by atoms with van der Waals surface area (Å²) in [6.45, 7) is 3.89. The average molecular weight is 420 g/mol. The van der Waals surface area contributed by atoms with Crippen molar-refractivity contribution in [3.63, 3.8) is 0 Å². The maximum absolute atomic E-state index is 12.8. The molecule has 0 saturated carbocycles. The summed E-state index contributed by atoms with van der Waals surface area (Å²) in [6, 6.07) is 10.5. The van der Waals surface area contributed by atoms with Crippen LogP contribution in [-0.4, -0.2) is 16.8 Å². The van der Waals surface area contributed by atoms with Crippen LogP contribution < -0.4 is 4.90 Å². The Morgan fingerprint density at radius 2 is 2.08 bits per heavy atom. The number of ketones is 1. The van der Waals surface area contributed by atoms with Gasteiger partial charge in [-0.2, -0.15) is 0 Å². The normalized spacial score (nSPS) is 17.7. The first-order chi connectivity index (χ1) is 11.9. The third-order valence-electron chi connectivity index (χ3n) is 4.00. The smallest absolute Gasteiger partial charge is 0.294 e. The highest BCUT2D eigenvalue weighted by molar-refractivity contribution is 9.10. The molecule has 2 heterocycles. The van der Waals surface area contributed by atoms with Crippen LogP contribution in [0.4, 0.5) is 5.69 Å². The van der Waals surface area contributed by atoms with Crippen LogP contribution in [0, 0.1) is 5.92 Å². The molecule has 1 atom stereocenters. The van der Waals surface area contributed by atoms with Crippen LogP contribution >= 0.6 is 27.3 Å². The monoisotopic (exact) mass is 419 g/mol. The molecule has 1 unspecified atom stereocenters. The van der Waals surface area contributed by atoms with Gasteiger partial charge in [0.1, 0.15) is 6.04 Å². The minimum Gasteiger partial charge on any atom is -0.503 e. The van der Waals surface area contributed by atoms with Crippen molar-refractivity contribution in [3.05, 3.63) is 62.5 Å². The van der Waals surface area contributed by atoms with Gasteiger partial charge in [0, 0.05) is 21.5 Å². The lowest BCUT2D eigenvalue weighted by Gasteiger charge is -2.26. The molecule has 1 amide bonds. The van der Waals surface area contributed by atoms with Crippen LogP contribution in [0.5, 0.6) is 0 Å². The van der Waals surface area contributed by atoms with E-state index in [0.29, 0.717) is 12.1 Å². The zero-order valence-corrected chi connectivity index (χ0v) is 16.3. The lowest BCUT2D eigenvalue weighted by Crippen LogP contribution is -2.30. The number of carbonyl (C=O) groups excluding carboxylic acids is 2. The molecule has 4 nitrogen and oxygen atoms in total. The zero-order chi connectivity index (χ0) is 18.1. The van der Waals surface area contributed by atoms with Crippen molar-refractivity contribution in [2.24, 2.45) is 5.92 Å². The molecule has 1 aliphatic rings. The Labute approximate surface area is 158 Å². The molecule has 0 radical (unpaired) electrons. The van der Waals surface area contributed by atoms with Crippen LogP contribution in [0.2, 0.25) is 0 Å². The number of rotatable bonds is 5. The molecule has 0 fully saturated rings. The average Bonchev–Trinajstić information content (AvgIpc) is 3.14. The van der Waals surface area contributed by atoms with Crippen molar-refractivity contribution in [3.8, 4) is 0 Å². The SMILES string of the molecule is CC(C)CC(=O)C1=C(O)C(=O)N(c2cccc(Br)c2)C1c1cccs1. The summed E-state index contributed by atoms with van der Waals surface area (Å²) in [6.07, 6.45) is 0.293. The Balaban J connectivity index is 2.11. The van der Waals surface area contributed by atoms with Crippen LogP contribution in [0.25, 0.3) is 0 Å². The van der Waals surface area contributed by atoms with Crippen LogP contribution in [0.15, 0.2) is 57.6 Å². The summed E-state index contributed by atoms with van der Waals surface area (Å²) in [5.41, 5.74) is 0.831. The fourth-order valence-corrected chi connectivity index (χ4v) is 4.19. The van der Waals surface area contributed by atoms with E-state index in [1.807, 2.05) is 49.6 Å². The van der Waals surface area contributed by atoms with Gasteiger partial charge in [-0.1, -0.05) is 41.9 Å². The number of thiophene rings is 1. The molecular formula is C19H18BrNO3S. The second-order valence-electron chi connectivity index (χ2n) is 6.36. The zero-order valence-electron chi connectivity index (χ0n) is 13.9. The topological polar surface area (TPSA) is 57.6 Å². The molecule has 130 valence electrons. The first-order valence-corrected chi connectivity index (χ1v) is 9.66. The summed E-state index contributed by atoms with van der Waals surface area (Å²) in [4.78, 5) is 27.9. The van der Waals surface area contributed by atoms with E-state index in [1.54, 1.807) is 6.07 Å². The van der Waals surface area contributed by atoms with E-state index in [0.717, 1.165) is 9.35 Å². The highest BCUT2D eigenvalue weighted by atomic mass is 79.9. The number of hydrogen-bond acceptors (Lipinski definition) is 4. The fourth-order valence-electron chi connectivity index (χ4n) is 2.98. The largest absolute Gasteiger partial charge is 0.503 e. The fraction of sp³-hybridized carbons (Fsp3) is 0.263. The van der Waals surface area contributed by atoms with Crippen molar-refractivity contribution in [1.29, 1.82) is 0 Å². The standard InChI is InChI=1S/C19H18BrNO3S/c1-11(2)9-14(22)16-17(15-7-4-8-25-15)21(19(24)18(16)23)13-6-3-5-12(20)10-13/h3-8,10-11,17,23H,9H2,1-2H3. The number of anilines is 1. The Kier molecular flexibility index (Phi) is 5.11. The van der Waals surface area contributed by atoms with E-state index in [-0.39, 0.29) is 17.3 Å². The first kappa shape index (κ1) is 17.9. The van der Waals surface area contributed by atoms with Crippen LogP contribution in [0.3, 0.4) is 0 Å². The summed E-state index contributed by atoms with van der Waals surface area (Å²) < 4.78 is 0.823. The van der Waals surface area contributed by atoms with Crippen molar-refractivity contribution in [1.82, 2.24) is 0 Å². The minimum atomic E-state index is -0.590. The van der Waals surface area contributed by atoms with Crippen molar-refractivity contribution in [2.75, 3.05) is 4.90 Å². The predicted octanol–water partition coefficient (Wildman–Crippen LogP) is 5.03. The lowest BCUT2D eigenvalue weighted by atomic mass is 9.95. The number of benzene rings is 1. The molecule has 6 heteroatoms. The summed E-state index contributed by atoms with van der Waals surface area (Å²) >= 11 is 4.88. The Bertz CT molecular complexity index is 842. The molecule has 1 aromatic heterocycles. The third kappa shape index (κ3) is 3.41. The predicted molar refractivity (Wildman–Crippen MR) is 103 cm³/mol. The van der Waals surface area contributed by atoms with Gasteiger partial charge in [-0.15, -0.1) is 11.3 Å². The number of halogens is 1. The molecule has 0 saturated heterocycles. The maximum Gasteiger partial charge on any atom is 0.294 e. The van der Waals surface area contributed by atoms with Gasteiger partial charge in [-0.25, -0.2) is 0 Å². The summed E-state index contributed by atoms with van der Waals surface area (Å²) in [5, 5.41) is 12.4. The van der Waals surface area contributed by atoms with E-state index < -0.39 is 17.7 Å². The van der Waals surface area contributed by atoms with Crippen LogP contribution in [0.1, 0.15) is 31.2 Å². The second-order valence-corrected chi connectivity index (χ2v) is 8.25. The van der Waals surface area contributed by atoms with E-state index in [1.165, 1.54) is 16.2 Å². The van der Waals surface area contributed by atoms with E-state index >= 15 is 0 Å². The lowest BCUT2D eigenvalue weighted by molar-refractivity contribution is -0.118. The molecule has 0 spiro atoms. The Hall–Kier alpha value is -1.92. The molecule has 25 heavy (non-hydrogen) atoms. The highest BCUT2D eigenvalue weighted by Gasteiger charge is 2.44. The third-order valence-corrected chi connectivity index (χ3v) is 5.42. The molecule has 1 N–H and O–H groups in total. The number of amides is 1. The molecule has 1 aromatic carbocycles. The van der Waals surface area contributed by atoms with Gasteiger partial charge in [0.15, 0.2) is 11.5 Å². The van der Waals surface area contributed by atoms with Gasteiger partial charge in [0.2, 0.25) is 0 Å². The highest BCUT2D eigenvalue weighted by Crippen LogP contribution is 2.43. The van der Waals surface area contributed by atoms with Gasteiger partial charge in [-0.3, -0.25) is 14.5 Å². The van der Waals surface area contributed by atoms with Gasteiger partial charge >= 0.3 is 0 Å². The van der Waals surface area contributed by atoms with Gasteiger partial charge in [0.25, 0.3) is 5.91 Å². The number of aliphatic hydroxyl groups is 1. The van der Waals surface area contributed by atoms with Gasteiger partial charge in [-0.05, 0) is 35.6 Å². The molecular weight excluding hydrogens is 402 g/mol. The van der Waals surface area contributed by atoms with E-state index in [9.17, 15) is 14.7 Å². The Morgan fingerprint density at radius 1 is 1.32 bits per heavy atom. The van der Waals surface area contributed by atoms with E-state index in [4.69, 9.17) is 0 Å². The van der Waals surface area contributed by atoms with E-state index in [2.05, 4.69) is 15.9 Å². The van der Waals surface area contributed by atoms with Crippen molar-refractivity contribution < 1.29 is 14.7 Å². The number of aliphatic hydroxyl groups excluding tert-OH is 1. The van der Waals surface area contributed by atoms with Gasteiger partial charge in [0.05, 0.1) is 5.57 Å². The Morgan fingerprint density at radius 3 is 2.68 bits per heavy atom. The molecule has 0 bridgehead atoms. The minimum absolute atomic E-state index is 0.145. The van der Waals surface area contributed by atoms with Crippen LogP contribution in [-0.2, 0) is 9.59 Å². The summed E-state index contributed by atoms with van der Waals surface area (Å²) in [7, 11) is 0. The van der Waals surface area contributed by atoms with Crippen molar-refractivity contribution >= 4 is 44.6 Å². The molecule has 2 aromatic rings. The number of nitrogens with zero attached hydrogens (tertiary/aromatic N) is 1. The molecule has 1 aliphatic heterocycles. The van der Waals surface area contributed by atoms with Gasteiger partial charge < -0.3 is 5.11 Å². The molecule has 0 aliphatic carbocycles. The van der Waals surface area contributed by atoms with Crippen molar-refractivity contribution in [2.45, 2.75) is 26.3 Å². The number of hydrogen-bond donors (Lipinski definition) is 1. The number of carbonyl (C=O) groups is 2. The second kappa shape index (κ2) is 7.14. The maximum atomic E-state index is 12.8.